The fourth-order valence-corrected chi connectivity index (χ4v) is 3.35. The Labute approximate surface area is 163 Å². The van der Waals surface area contributed by atoms with Crippen molar-refractivity contribution < 1.29 is 8.78 Å². The van der Waals surface area contributed by atoms with Crippen LogP contribution >= 0.6 is 0 Å². The second kappa shape index (κ2) is 6.62. The van der Waals surface area contributed by atoms with Gasteiger partial charge >= 0.3 is 0 Å². The van der Waals surface area contributed by atoms with Gasteiger partial charge in [-0.15, -0.1) is 0 Å². The zero-order valence-corrected chi connectivity index (χ0v) is 15.2. The van der Waals surface area contributed by atoms with Gasteiger partial charge in [0.25, 0.3) is 0 Å². The molecule has 1 aromatic carbocycles. The van der Waals surface area contributed by atoms with Gasteiger partial charge in [-0.2, -0.15) is 0 Å². The molecule has 0 saturated heterocycles. The minimum Gasteiger partial charge on any atom is -0.306 e. The monoisotopic (exact) mass is 389 g/mol. The number of nitrogens with zero attached hydrogens (tertiary/aromatic N) is 7. The maximum atomic E-state index is 15.2. The molecule has 7 nitrogen and oxygen atoms in total. The van der Waals surface area contributed by atoms with Crippen LogP contribution in [-0.4, -0.2) is 34.5 Å². The molecule has 0 radical (unpaired) electrons. The topological polar surface area (TPSA) is 82.3 Å². The summed E-state index contributed by atoms with van der Waals surface area (Å²) in [4.78, 5) is 25.1. The Morgan fingerprint density at radius 3 is 2.69 bits per heavy atom. The van der Waals surface area contributed by atoms with Crippen molar-refractivity contribution in [3.05, 3.63) is 72.8 Å². The number of rotatable bonds is 3. The lowest BCUT2D eigenvalue weighted by molar-refractivity contribution is 0.517. The summed E-state index contributed by atoms with van der Waals surface area (Å²) in [5, 5.41) is 0.258. The highest BCUT2D eigenvalue weighted by Crippen LogP contribution is 2.31. The van der Waals surface area contributed by atoms with Crippen LogP contribution in [0.2, 0.25) is 0 Å². The standard InChI is InChI=1S/C20H13F2N7/c1-11(17-14(21)5-15-13(18(17)22)3-2-4-25-15)29-10-27-19-20(29)28-16(8-26-19)12-6-23-9-24-7-12/h2-11H,1H3. The highest BCUT2D eigenvalue weighted by Gasteiger charge is 2.23. The Balaban J connectivity index is 1.67. The number of halogens is 2. The third-order valence-electron chi connectivity index (χ3n) is 4.81. The molecule has 4 heterocycles. The van der Waals surface area contributed by atoms with Crippen LogP contribution in [0.5, 0.6) is 0 Å². The van der Waals surface area contributed by atoms with Crippen LogP contribution in [-0.2, 0) is 0 Å². The Morgan fingerprint density at radius 2 is 1.86 bits per heavy atom. The first-order chi connectivity index (χ1) is 14.1. The van der Waals surface area contributed by atoms with Gasteiger partial charge in [0.15, 0.2) is 11.3 Å². The summed E-state index contributed by atoms with van der Waals surface area (Å²) < 4.78 is 31.5. The largest absolute Gasteiger partial charge is 0.306 e. The third-order valence-corrected chi connectivity index (χ3v) is 4.81. The molecule has 1 unspecified atom stereocenters. The van der Waals surface area contributed by atoms with Crippen molar-refractivity contribution in [1.29, 1.82) is 0 Å². The zero-order chi connectivity index (χ0) is 20.0. The number of hydrogen-bond donors (Lipinski definition) is 0. The SMILES string of the molecule is CC(c1c(F)cc2ncccc2c1F)n1cnc2ncc(-c3cncnc3)nc21. The van der Waals surface area contributed by atoms with Crippen LogP contribution in [0.15, 0.2) is 55.6 Å². The van der Waals surface area contributed by atoms with Gasteiger partial charge < -0.3 is 4.57 Å². The van der Waals surface area contributed by atoms with Crippen molar-refractivity contribution in [1.82, 2.24) is 34.5 Å². The van der Waals surface area contributed by atoms with Gasteiger partial charge in [0, 0.05) is 41.2 Å². The van der Waals surface area contributed by atoms with E-state index in [0.29, 0.717) is 22.6 Å². The average molecular weight is 389 g/mol. The average Bonchev–Trinajstić information content (AvgIpc) is 3.17. The van der Waals surface area contributed by atoms with E-state index in [4.69, 9.17) is 0 Å². The molecule has 0 fully saturated rings. The predicted octanol–water partition coefficient (Wildman–Crippen LogP) is 3.72. The minimum absolute atomic E-state index is 0.0833. The highest BCUT2D eigenvalue weighted by molar-refractivity contribution is 5.80. The van der Waals surface area contributed by atoms with Crippen LogP contribution in [0.3, 0.4) is 0 Å². The lowest BCUT2D eigenvalue weighted by atomic mass is 10.0. The molecule has 0 aliphatic carbocycles. The van der Waals surface area contributed by atoms with E-state index >= 15 is 4.39 Å². The van der Waals surface area contributed by atoms with Crippen LogP contribution in [0.25, 0.3) is 33.5 Å². The molecule has 0 aliphatic rings. The predicted molar refractivity (Wildman–Crippen MR) is 102 cm³/mol. The lowest BCUT2D eigenvalue weighted by Gasteiger charge is -2.17. The van der Waals surface area contributed by atoms with Gasteiger partial charge in [-0.1, -0.05) is 0 Å². The highest BCUT2D eigenvalue weighted by atomic mass is 19.1. The van der Waals surface area contributed by atoms with E-state index < -0.39 is 17.7 Å². The summed E-state index contributed by atoms with van der Waals surface area (Å²) in [5.41, 5.74) is 2.18. The molecule has 1 atom stereocenters. The zero-order valence-electron chi connectivity index (χ0n) is 15.2. The summed E-state index contributed by atoms with van der Waals surface area (Å²) in [5.74, 6) is -1.33. The van der Waals surface area contributed by atoms with Crippen molar-refractivity contribution in [2.45, 2.75) is 13.0 Å². The molecule has 4 aromatic heterocycles. The first kappa shape index (κ1) is 17.2. The van der Waals surface area contributed by atoms with Gasteiger partial charge in [0.1, 0.15) is 18.0 Å². The molecule has 5 rings (SSSR count). The fraction of sp³-hybridized carbons (Fsp3) is 0.100. The molecule has 0 bridgehead atoms. The first-order valence-corrected chi connectivity index (χ1v) is 8.81. The summed E-state index contributed by atoms with van der Waals surface area (Å²) >= 11 is 0. The number of benzene rings is 1. The van der Waals surface area contributed by atoms with E-state index in [-0.39, 0.29) is 16.5 Å². The van der Waals surface area contributed by atoms with Crippen molar-refractivity contribution in [3.63, 3.8) is 0 Å². The molecule has 0 saturated carbocycles. The molecule has 0 aliphatic heterocycles. The van der Waals surface area contributed by atoms with Crippen LogP contribution < -0.4 is 0 Å². The second-order valence-electron chi connectivity index (χ2n) is 6.51. The van der Waals surface area contributed by atoms with Crippen molar-refractivity contribution >= 4 is 22.2 Å². The van der Waals surface area contributed by atoms with Gasteiger partial charge in [0.2, 0.25) is 0 Å². The number of aromatic nitrogens is 7. The van der Waals surface area contributed by atoms with E-state index in [2.05, 4.69) is 29.9 Å². The summed E-state index contributed by atoms with van der Waals surface area (Å²) in [6, 6.07) is 3.72. The number of fused-ring (bicyclic) bond motifs is 2. The van der Waals surface area contributed by atoms with E-state index in [1.807, 2.05) is 0 Å². The van der Waals surface area contributed by atoms with Crippen molar-refractivity contribution in [2.24, 2.45) is 0 Å². The van der Waals surface area contributed by atoms with Gasteiger partial charge in [-0.3, -0.25) is 4.98 Å². The summed E-state index contributed by atoms with van der Waals surface area (Å²) in [7, 11) is 0. The lowest BCUT2D eigenvalue weighted by Crippen LogP contribution is -2.11. The van der Waals surface area contributed by atoms with E-state index in [0.717, 1.165) is 0 Å². The van der Waals surface area contributed by atoms with Crippen LogP contribution in [0, 0.1) is 11.6 Å². The van der Waals surface area contributed by atoms with E-state index in [9.17, 15) is 4.39 Å². The molecular weight excluding hydrogens is 376 g/mol. The molecule has 0 amide bonds. The summed E-state index contributed by atoms with van der Waals surface area (Å²) in [6.07, 6.45) is 9.18. The Kier molecular flexibility index (Phi) is 3.94. The summed E-state index contributed by atoms with van der Waals surface area (Å²) in [6.45, 7) is 1.69. The van der Waals surface area contributed by atoms with Gasteiger partial charge in [-0.05, 0) is 19.1 Å². The van der Waals surface area contributed by atoms with Crippen molar-refractivity contribution in [2.75, 3.05) is 0 Å². The quantitative estimate of drug-likeness (QED) is 0.468. The Bertz CT molecular complexity index is 1350. The Hall–Kier alpha value is -3.88. The molecule has 0 spiro atoms. The van der Waals surface area contributed by atoms with Crippen LogP contribution in [0.1, 0.15) is 18.5 Å². The number of hydrogen-bond acceptors (Lipinski definition) is 6. The maximum absolute atomic E-state index is 15.2. The van der Waals surface area contributed by atoms with Crippen LogP contribution in [0.4, 0.5) is 8.78 Å². The molecule has 9 heteroatoms. The van der Waals surface area contributed by atoms with Gasteiger partial charge in [-0.25, -0.2) is 33.7 Å². The number of pyridine rings is 1. The molecule has 142 valence electrons. The van der Waals surface area contributed by atoms with E-state index in [1.54, 1.807) is 42.2 Å². The van der Waals surface area contributed by atoms with Gasteiger partial charge in [0.05, 0.1) is 29.8 Å². The maximum Gasteiger partial charge on any atom is 0.197 e. The number of imidazole rings is 1. The smallest absolute Gasteiger partial charge is 0.197 e. The normalized spacial score (nSPS) is 12.5. The Morgan fingerprint density at radius 1 is 1.03 bits per heavy atom. The fourth-order valence-electron chi connectivity index (χ4n) is 3.35. The minimum atomic E-state index is -0.707. The third kappa shape index (κ3) is 2.78. The molecular formula is C20H13F2N7. The second-order valence-corrected chi connectivity index (χ2v) is 6.51. The van der Waals surface area contributed by atoms with E-state index in [1.165, 1.54) is 24.9 Å². The molecule has 29 heavy (non-hydrogen) atoms. The van der Waals surface area contributed by atoms with Crippen molar-refractivity contribution in [3.8, 4) is 11.3 Å². The molecule has 0 N–H and O–H groups in total. The molecule has 5 aromatic rings. The first-order valence-electron chi connectivity index (χ1n) is 8.81.